The van der Waals surface area contributed by atoms with Crippen molar-refractivity contribution in [1.82, 2.24) is 0 Å². The minimum atomic E-state index is -1.53. The van der Waals surface area contributed by atoms with Crippen LogP contribution in [0.2, 0.25) is 0 Å². The first-order valence-electron chi connectivity index (χ1n) is 10.0. The molecule has 8 nitrogen and oxygen atoms in total. The van der Waals surface area contributed by atoms with Gasteiger partial charge < -0.3 is 40.1 Å². The minimum absolute atomic E-state index is 0.415. The molecule has 8 heteroatoms. The number of aliphatic hydroxyl groups excluding tert-OH is 4. The Morgan fingerprint density at radius 3 is 2.28 bits per heavy atom. The fourth-order valence-corrected chi connectivity index (χ4v) is 3.10. The van der Waals surface area contributed by atoms with Crippen molar-refractivity contribution in [1.29, 1.82) is 0 Å². The standard InChI is InChI=1S/C21H38O8/c1-6-21(5,27)11-7-8-13(2)9-10-15(20(3,4)26)29-19-18(25)17(24)16(23)14(12-22)28-19/h6,8,14-19,22-27H,1,7,9-12H2,2-5H3/b13-8+/t14-,15+,16+,17-,18-,19-,21+/m0/s1. The maximum atomic E-state index is 10.5. The summed E-state index contributed by atoms with van der Waals surface area (Å²) in [7, 11) is 0. The Labute approximate surface area is 173 Å². The zero-order chi connectivity index (χ0) is 22.4. The normalized spacial score (nSPS) is 31.9. The van der Waals surface area contributed by atoms with Crippen LogP contribution in [0.3, 0.4) is 0 Å². The lowest BCUT2D eigenvalue weighted by atomic mass is 9.94. The van der Waals surface area contributed by atoms with E-state index < -0.39 is 54.6 Å². The van der Waals surface area contributed by atoms with Gasteiger partial charge in [0.05, 0.1) is 23.9 Å². The molecule has 0 unspecified atom stereocenters. The second-order valence-corrected chi connectivity index (χ2v) is 8.66. The molecule has 1 saturated heterocycles. The number of ether oxygens (including phenoxy) is 2. The Hall–Kier alpha value is -0.840. The predicted octanol–water partition coefficient (Wildman–Crippen LogP) is 0.386. The van der Waals surface area contributed by atoms with Crippen LogP contribution >= 0.6 is 0 Å². The molecule has 1 rings (SSSR count). The van der Waals surface area contributed by atoms with Crippen LogP contribution in [0.5, 0.6) is 0 Å². The maximum Gasteiger partial charge on any atom is 0.187 e. The molecule has 29 heavy (non-hydrogen) atoms. The van der Waals surface area contributed by atoms with Crippen LogP contribution in [0.25, 0.3) is 0 Å². The summed E-state index contributed by atoms with van der Waals surface area (Å²) in [6.07, 6.45) is -1.87. The molecule has 1 heterocycles. The smallest absolute Gasteiger partial charge is 0.187 e. The maximum absolute atomic E-state index is 10.5. The molecule has 0 saturated carbocycles. The van der Waals surface area contributed by atoms with Crippen molar-refractivity contribution in [2.24, 2.45) is 0 Å². The third-order valence-corrected chi connectivity index (χ3v) is 5.32. The highest BCUT2D eigenvalue weighted by atomic mass is 16.7. The zero-order valence-electron chi connectivity index (χ0n) is 17.9. The van der Waals surface area contributed by atoms with Gasteiger partial charge in [-0.2, -0.15) is 0 Å². The minimum Gasteiger partial charge on any atom is -0.394 e. The molecule has 0 aromatic rings. The number of hydrogen-bond acceptors (Lipinski definition) is 8. The Kier molecular flexibility index (Phi) is 9.91. The van der Waals surface area contributed by atoms with Gasteiger partial charge in [0.25, 0.3) is 0 Å². The number of rotatable bonds is 11. The van der Waals surface area contributed by atoms with Crippen molar-refractivity contribution < 1.29 is 40.1 Å². The van der Waals surface area contributed by atoms with Crippen LogP contribution in [0.15, 0.2) is 24.3 Å². The number of aliphatic hydroxyl groups is 6. The summed E-state index contributed by atoms with van der Waals surface area (Å²) >= 11 is 0. The molecule has 1 aliphatic rings. The molecule has 6 N–H and O–H groups in total. The predicted molar refractivity (Wildman–Crippen MR) is 108 cm³/mol. The van der Waals surface area contributed by atoms with Crippen molar-refractivity contribution in [2.75, 3.05) is 6.61 Å². The fraction of sp³-hybridized carbons (Fsp3) is 0.810. The molecule has 7 atom stereocenters. The van der Waals surface area contributed by atoms with Crippen LogP contribution in [0.1, 0.15) is 53.4 Å². The van der Waals surface area contributed by atoms with Crippen molar-refractivity contribution in [2.45, 2.75) is 101 Å². The molecular formula is C21H38O8. The van der Waals surface area contributed by atoms with Gasteiger partial charge in [-0.1, -0.05) is 17.7 Å². The zero-order valence-corrected chi connectivity index (χ0v) is 17.9. The van der Waals surface area contributed by atoms with Gasteiger partial charge in [0.2, 0.25) is 0 Å². The van der Waals surface area contributed by atoms with Gasteiger partial charge in [0.1, 0.15) is 24.4 Å². The van der Waals surface area contributed by atoms with Crippen molar-refractivity contribution >= 4 is 0 Å². The SMILES string of the molecule is C=C[C@@](C)(O)CC/C=C(\C)CC[C@@H](O[C@@H]1O[C@@H](CO)[C@@H](O)[C@H](O)[C@@H]1O)C(C)(C)O. The van der Waals surface area contributed by atoms with E-state index in [1.807, 2.05) is 13.0 Å². The molecule has 1 fully saturated rings. The van der Waals surface area contributed by atoms with E-state index in [0.717, 1.165) is 5.57 Å². The van der Waals surface area contributed by atoms with Gasteiger partial charge in [-0.3, -0.25) is 0 Å². The summed E-state index contributed by atoms with van der Waals surface area (Å²) in [6.45, 7) is 9.84. The van der Waals surface area contributed by atoms with Crippen LogP contribution in [-0.4, -0.2) is 85.3 Å². The van der Waals surface area contributed by atoms with E-state index in [2.05, 4.69) is 6.58 Å². The van der Waals surface area contributed by atoms with E-state index in [1.165, 1.54) is 6.08 Å². The molecule has 1 aliphatic heterocycles. The van der Waals surface area contributed by atoms with E-state index in [-0.39, 0.29) is 0 Å². The number of hydrogen-bond donors (Lipinski definition) is 6. The molecule has 0 amide bonds. The summed E-state index contributed by atoms with van der Waals surface area (Å²) in [6, 6.07) is 0. The largest absolute Gasteiger partial charge is 0.394 e. The van der Waals surface area contributed by atoms with Gasteiger partial charge in [0, 0.05) is 0 Å². The van der Waals surface area contributed by atoms with Gasteiger partial charge in [-0.15, -0.1) is 6.58 Å². The first kappa shape index (κ1) is 26.2. The highest BCUT2D eigenvalue weighted by Gasteiger charge is 2.46. The summed E-state index contributed by atoms with van der Waals surface area (Å²) < 4.78 is 11.1. The average molecular weight is 419 g/mol. The Bertz CT molecular complexity index is 537. The lowest BCUT2D eigenvalue weighted by Gasteiger charge is -2.42. The van der Waals surface area contributed by atoms with Crippen LogP contribution in [0, 0.1) is 0 Å². The lowest BCUT2D eigenvalue weighted by molar-refractivity contribution is -0.322. The third-order valence-electron chi connectivity index (χ3n) is 5.32. The molecular weight excluding hydrogens is 380 g/mol. The second kappa shape index (κ2) is 11.0. The first-order chi connectivity index (χ1) is 13.3. The first-order valence-corrected chi connectivity index (χ1v) is 10.0. The van der Waals surface area contributed by atoms with E-state index in [1.54, 1.807) is 20.8 Å². The Morgan fingerprint density at radius 2 is 1.76 bits per heavy atom. The third kappa shape index (κ3) is 8.07. The molecule has 0 aromatic heterocycles. The van der Waals surface area contributed by atoms with Crippen LogP contribution < -0.4 is 0 Å². The molecule has 0 radical (unpaired) electrons. The molecule has 0 aliphatic carbocycles. The van der Waals surface area contributed by atoms with Gasteiger partial charge in [-0.05, 0) is 53.4 Å². The topological polar surface area (TPSA) is 140 Å². The second-order valence-electron chi connectivity index (χ2n) is 8.66. The van der Waals surface area contributed by atoms with E-state index in [0.29, 0.717) is 25.7 Å². The lowest BCUT2D eigenvalue weighted by Crippen LogP contribution is -2.60. The van der Waals surface area contributed by atoms with Crippen LogP contribution in [0.4, 0.5) is 0 Å². The highest BCUT2D eigenvalue weighted by Crippen LogP contribution is 2.28. The summed E-state index contributed by atoms with van der Waals surface area (Å²) in [5.74, 6) is 0. The molecule has 0 spiro atoms. The quantitative estimate of drug-likeness (QED) is 0.265. The van der Waals surface area contributed by atoms with Gasteiger partial charge >= 0.3 is 0 Å². The van der Waals surface area contributed by atoms with Gasteiger partial charge in [-0.25, -0.2) is 0 Å². The van der Waals surface area contributed by atoms with Crippen molar-refractivity contribution in [3.8, 4) is 0 Å². The van der Waals surface area contributed by atoms with Gasteiger partial charge in [0.15, 0.2) is 6.29 Å². The van der Waals surface area contributed by atoms with E-state index in [9.17, 15) is 30.6 Å². The fourth-order valence-electron chi connectivity index (χ4n) is 3.10. The molecule has 0 bridgehead atoms. The molecule has 0 aromatic carbocycles. The summed E-state index contributed by atoms with van der Waals surface area (Å²) in [4.78, 5) is 0. The summed E-state index contributed by atoms with van der Waals surface area (Å²) in [5, 5.41) is 59.7. The Morgan fingerprint density at radius 1 is 1.14 bits per heavy atom. The van der Waals surface area contributed by atoms with Crippen molar-refractivity contribution in [3.63, 3.8) is 0 Å². The number of allylic oxidation sites excluding steroid dienone is 2. The van der Waals surface area contributed by atoms with Crippen LogP contribution in [-0.2, 0) is 9.47 Å². The monoisotopic (exact) mass is 418 g/mol. The van der Waals surface area contributed by atoms with E-state index >= 15 is 0 Å². The van der Waals surface area contributed by atoms with E-state index in [4.69, 9.17) is 9.47 Å². The van der Waals surface area contributed by atoms with Crippen molar-refractivity contribution in [3.05, 3.63) is 24.3 Å². The Balaban J connectivity index is 2.72. The summed E-state index contributed by atoms with van der Waals surface area (Å²) in [5.41, 5.74) is -1.12. The average Bonchev–Trinajstić information content (AvgIpc) is 2.63. The highest BCUT2D eigenvalue weighted by molar-refractivity contribution is 5.02. The molecule has 170 valence electrons.